The molecule has 0 amide bonds. The summed E-state index contributed by atoms with van der Waals surface area (Å²) < 4.78 is 24.0. The van der Waals surface area contributed by atoms with Crippen molar-refractivity contribution in [3.63, 3.8) is 0 Å². The standard InChI is InChI=1S/C14H14BrFN2O2/c1-19-10-3-4-11(13(16)7-10)12(15)5-9-6-14(20-2)18-8-17-9/h3-4,6-8,12H,5H2,1-2H3. The number of benzene rings is 1. The van der Waals surface area contributed by atoms with Crippen LogP contribution in [0, 0.1) is 5.82 Å². The average molecular weight is 341 g/mol. The lowest BCUT2D eigenvalue weighted by Gasteiger charge is -2.12. The van der Waals surface area contributed by atoms with Gasteiger partial charge >= 0.3 is 0 Å². The Balaban J connectivity index is 2.16. The van der Waals surface area contributed by atoms with Crippen molar-refractivity contribution >= 4 is 15.9 Å². The first-order chi connectivity index (χ1) is 9.63. The zero-order chi connectivity index (χ0) is 14.5. The molecule has 20 heavy (non-hydrogen) atoms. The Kier molecular flexibility index (Phi) is 4.89. The van der Waals surface area contributed by atoms with E-state index in [0.717, 1.165) is 5.69 Å². The molecule has 1 aromatic carbocycles. The van der Waals surface area contributed by atoms with Crippen molar-refractivity contribution in [1.29, 1.82) is 0 Å². The van der Waals surface area contributed by atoms with Gasteiger partial charge in [-0.2, -0.15) is 0 Å². The second kappa shape index (κ2) is 6.65. The van der Waals surface area contributed by atoms with E-state index in [1.54, 1.807) is 25.3 Å². The SMILES string of the molecule is COc1ccc(C(Br)Cc2cc(OC)ncn2)c(F)c1. The number of aromatic nitrogens is 2. The highest BCUT2D eigenvalue weighted by Gasteiger charge is 2.15. The summed E-state index contributed by atoms with van der Waals surface area (Å²) in [5, 5.41) is 0. The molecule has 0 aliphatic heterocycles. The molecule has 0 spiro atoms. The Morgan fingerprint density at radius 2 is 2.00 bits per heavy atom. The third-order valence-electron chi connectivity index (χ3n) is 2.84. The van der Waals surface area contributed by atoms with Gasteiger partial charge in [-0.05, 0) is 6.07 Å². The fourth-order valence-electron chi connectivity index (χ4n) is 1.78. The lowest BCUT2D eigenvalue weighted by molar-refractivity contribution is 0.396. The summed E-state index contributed by atoms with van der Waals surface area (Å²) >= 11 is 3.48. The molecule has 4 nitrogen and oxygen atoms in total. The van der Waals surface area contributed by atoms with E-state index in [4.69, 9.17) is 9.47 Å². The van der Waals surface area contributed by atoms with Crippen molar-refractivity contribution in [3.05, 3.63) is 47.7 Å². The lowest BCUT2D eigenvalue weighted by atomic mass is 10.1. The molecule has 0 fully saturated rings. The molecule has 6 heteroatoms. The maximum absolute atomic E-state index is 14.0. The molecule has 2 aromatic rings. The maximum atomic E-state index is 14.0. The maximum Gasteiger partial charge on any atom is 0.216 e. The summed E-state index contributed by atoms with van der Waals surface area (Å²) in [4.78, 5) is 7.90. The monoisotopic (exact) mass is 340 g/mol. The molecule has 0 radical (unpaired) electrons. The zero-order valence-corrected chi connectivity index (χ0v) is 12.7. The molecule has 1 aromatic heterocycles. The van der Waals surface area contributed by atoms with Gasteiger partial charge in [-0.25, -0.2) is 14.4 Å². The van der Waals surface area contributed by atoms with Crippen LogP contribution >= 0.6 is 15.9 Å². The Hall–Kier alpha value is -1.69. The van der Waals surface area contributed by atoms with Gasteiger partial charge in [0, 0.05) is 34.6 Å². The van der Waals surface area contributed by atoms with Crippen LogP contribution in [0.4, 0.5) is 4.39 Å². The van der Waals surface area contributed by atoms with E-state index in [9.17, 15) is 4.39 Å². The molecular formula is C14H14BrFN2O2. The Morgan fingerprint density at radius 1 is 1.20 bits per heavy atom. The first-order valence-electron chi connectivity index (χ1n) is 5.96. The van der Waals surface area contributed by atoms with Gasteiger partial charge in [0.15, 0.2) is 0 Å². The van der Waals surface area contributed by atoms with Crippen LogP contribution in [0.2, 0.25) is 0 Å². The summed E-state index contributed by atoms with van der Waals surface area (Å²) in [6.45, 7) is 0. The third-order valence-corrected chi connectivity index (χ3v) is 3.66. The lowest BCUT2D eigenvalue weighted by Crippen LogP contribution is -2.02. The molecule has 1 atom stereocenters. The quantitative estimate of drug-likeness (QED) is 0.783. The van der Waals surface area contributed by atoms with Crippen LogP contribution < -0.4 is 9.47 Å². The molecule has 0 aliphatic rings. The number of hydrogen-bond acceptors (Lipinski definition) is 4. The minimum Gasteiger partial charge on any atom is -0.497 e. The van der Waals surface area contributed by atoms with Crippen LogP contribution in [0.25, 0.3) is 0 Å². The van der Waals surface area contributed by atoms with Crippen LogP contribution in [0.3, 0.4) is 0 Å². The number of hydrogen-bond donors (Lipinski definition) is 0. The molecule has 0 aliphatic carbocycles. The van der Waals surface area contributed by atoms with Gasteiger partial charge in [-0.15, -0.1) is 0 Å². The largest absolute Gasteiger partial charge is 0.497 e. The smallest absolute Gasteiger partial charge is 0.216 e. The van der Waals surface area contributed by atoms with Crippen LogP contribution in [0.1, 0.15) is 16.1 Å². The van der Waals surface area contributed by atoms with Crippen molar-refractivity contribution in [1.82, 2.24) is 9.97 Å². The highest BCUT2D eigenvalue weighted by molar-refractivity contribution is 9.09. The van der Waals surface area contributed by atoms with Crippen molar-refractivity contribution in [2.75, 3.05) is 14.2 Å². The molecule has 0 saturated heterocycles. The number of methoxy groups -OCH3 is 2. The molecular weight excluding hydrogens is 327 g/mol. The number of nitrogens with zero attached hydrogens (tertiary/aromatic N) is 2. The fourth-order valence-corrected chi connectivity index (χ4v) is 2.49. The molecule has 106 valence electrons. The van der Waals surface area contributed by atoms with Gasteiger partial charge in [0.25, 0.3) is 0 Å². The van der Waals surface area contributed by atoms with E-state index in [0.29, 0.717) is 23.6 Å². The molecule has 1 heterocycles. The second-order valence-electron chi connectivity index (χ2n) is 4.11. The number of rotatable bonds is 5. The average Bonchev–Trinajstić information content (AvgIpc) is 2.47. The first kappa shape index (κ1) is 14.7. The molecule has 0 saturated carbocycles. The number of halogens is 2. The van der Waals surface area contributed by atoms with E-state index in [2.05, 4.69) is 25.9 Å². The first-order valence-corrected chi connectivity index (χ1v) is 6.88. The van der Waals surface area contributed by atoms with E-state index in [-0.39, 0.29) is 10.6 Å². The molecule has 1 unspecified atom stereocenters. The highest BCUT2D eigenvalue weighted by atomic mass is 79.9. The van der Waals surface area contributed by atoms with Crippen LogP contribution in [-0.4, -0.2) is 24.2 Å². The van der Waals surface area contributed by atoms with Crippen LogP contribution in [-0.2, 0) is 6.42 Å². The summed E-state index contributed by atoms with van der Waals surface area (Å²) in [6, 6.07) is 6.53. The van der Waals surface area contributed by atoms with Crippen molar-refractivity contribution in [3.8, 4) is 11.6 Å². The van der Waals surface area contributed by atoms with Gasteiger partial charge in [0.05, 0.1) is 14.2 Å². The van der Waals surface area contributed by atoms with Crippen molar-refractivity contribution < 1.29 is 13.9 Å². The summed E-state index contributed by atoms with van der Waals surface area (Å²) in [5.74, 6) is 0.673. The van der Waals surface area contributed by atoms with E-state index in [1.165, 1.54) is 19.5 Å². The summed E-state index contributed by atoms with van der Waals surface area (Å²) in [7, 11) is 3.05. The van der Waals surface area contributed by atoms with E-state index < -0.39 is 0 Å². The minimum atomic E-state index is -0.313. The van der Waals surface area contributed by atoms with E-state index in [1.807, 2.05) is 0 Å². The van der Waals surface area contributed by atoms with Crippen LogP contribution in [0.5, 0.6) is 11.6 Å². The predicted octanol–water partition coefficient (Wildman–Crippen LogP) is 3.31. The minimum absolute atomic E-state index is 0.187. The van der Waals surface area contributed by atoms with Gasteiger partial charge in [0.2, 0.25) is 5.88 Å². The van der Waals surface area contributed by atoms with Gasteiger partial charge in [-0.1, -0.05) is 22.0 Å². The van der Waals surface area contributed by atoms with Gasteiger partial charge < -0.3 is 9.47 Å². The Bertz CT molecular complexity index is 595. The number of alkyl halides is 1. The predicted molar refractivity (Wildman–Crippen MR) is 76.9 cm³/mol. The van der Waals surface area contributed by atoms with Crippen LogP contribution in [0.15, 0.2) is 30.6 Å². The molecule has 2 rings (SSSR count). The highest BCUT2D eigenvalue weighted by Crippen LogP contribution is 2.30. The number of ether oxygens (including phenoxy) is 2. The normalized spacial score (nSPS) is 12.0. The van der Waals surface area contributed by atoms with Gasteiger partial charge in [-0.3, -0.25) is 0 Å². The van der Waals surface area contributed by atoms with Gasteiger partial charge in [0.1, 0.15) is 17.9 Å². The molecule has 0 N–H and O–H groups in total. The topological polar surface area (TPSA) is 44.2 Å². The second-order valence-corrected chi connectivity index (χ2v) is 5.22. The molecule has 0 bridgehead atoms. The van der Waals surface area contributed by atoms with Crippen molar-refractivity contribution in [2.45, 2.75) is 11.2 Å². The summed E-state index contributed by atoms with van der Waals surface area (Å²) in [6.07, 6.45) is 1.96. The Morgan fingerprint density at radius 3 is 2.65 bits per heavy atom. The fraction of sp³-hybridized carbons (Fsp3) is 0.286. The Labute approximate surface area is 125 Å². The van der Waals surface area contributed by atoms with E-state index >= 15 is 0 Å². The zero-order valence-electron chi connectivity index (χ0n) is 11.1. The summed E-state index contributed by atoms with van der Waals surface area (Å²) in [5.41, 5.74) is 1.33. The third kappa shape index (κ3) is 3.45. The van der Waals surface area contributed by atoms with Crippen molar-refractivity contribution in [2.24, 2.45) is 0 Å².